The number of nitrogens with one attached hydrogen (secondary N) is 2. The van der Waals surface area contributed by atoms with Crippen LogP contribution in [0.1, 0.15) is 27.5 Å². The van der Waals surface area contributed by atoms with Gasteiger partial charge >= 0.3 is 0 Å². The molecule has 6 nitrogen and oxygen atoms in total. The van der Waals surface area contributed by atoms with Crippen molar-refractivity contribution < 1.29 is 27.9 Å². The van der Waals surface area contributed by atoms with Crippen LogP contribution in [0.3, 0.4) is 0 Å². The number of ketones is 1. The van der Waals surface area contributed by atoms with Gasteiger partial charge in [-0.15, -0.1) is 0 Å². The minimum absolute atomic E-state index is 0.0756. The highest BCUT2D eigenvalue weighted by atomic mass is 35.5. The highest BCUT2D eigenvalue weighted by molar-refractivity contribution is 6.30. The Labute approximate surface area is 193 Å². The molecule has 170 valence electrons. The van der Waals surface area contributed by atoms with Gasteiger partial charge in [-0.2, -0.15) is 0 Å². The van der Waals surface area contributed by atoms with Crippen molar-refractivity contribution in [2.45, 2.75) is 6.04 Å². The lowest BCUT2D eigenvalue weighted by Crippen LogP contribution is -2.41. The van der Waals surface area contributed by atoms with Crippen LogP contribution in [-0.4, -0.2) is 31.3 Å². The lowest BCUT2D eigenvalue weighted by atomic mass is 10.0. The first-order valence-electron chi connectivity index (χ1n) is 9.77. The molecule has 2 amide bonds. The molecule has 1 unspecified atom stereocenters. The van der Waals surface area contributed by atoms with E-state index >= 15 is 0 Å². The molecule has 0 aliphatic carbocycles. The Balaban J connectivity index is 1.62. The molecule has 0 saturated heterocycles. The fourth-order valence-corrected chi connectivity index (χ4v) is 3.08. The van der Waals surface area contributed by atoms with Crippen LogP contribution in [0, 0.1) is 11.6 Å². The molecule has 0 aliphatic heterocycles. The van der Waals surface area contributed by atoms with E-state index in [0.29, 0.717) is 21.9 Å². The van der Waals surface area contributed by atoms with Crippen molar-refractivity contribution in [1.82, 2.24) is 10.6 Å². The zero-order valence-corrected chi connectivity index (χ0v) is 18.2. The van der Waals surface area contributed by atoms with E-state index in [9.17, 15) is 23.2 Å². The Morgan fingerprint density at radius 1 is 0.909 bits per heavy atom. The summed E-state index contributed by atoms with van der Waals surface area (Å²) in [5.41, 5.74) is 0.976. The molecular weight excluding hydrogens is 454 g/mol. The minimum Gasteiger partial charge on any atom is -0.484 e. The van der Waals surface area contributed by atoms with Crippen molar-refractivity contribution in [2.75, 3.05) is 13.7 Å². The van der Waals surface area contributed by atoms with Gasteiger partial charge in [0.1, 0.15) is 11.8 Å². The maximum absolute atomic E-state index is 13.6. The molecule has 3 aromatic carbocycles. The van der Waals surface area contributed by atoms with Crippen molar-refractivity contribution in [3.63, 3.8) is 0 Å². The van der Waals surface area contributed by atoms with Crippen LogP contribution in [0.5, 0.6) is 5.75 Å². The first-order chi connectivity index (χ1) is 15.8. The van der Waals surface area contributed by atoms with Crippen molar-refractivity contribution in [1.29, 1.82) is 0 Å². The molecule has 0 bridgehead atoms. The quantitative estimate of drug-likeness (QED) is 0.488. The number of likely N-dealkylation sites (N-methyl/N-ethyl adjacent to an activating group) is 1. The predicted molar refractivity (Wildman–Crippen MR) is 118 cm³/mol. The molecule has 9 heteroatoms. The Morgan fingerprint density at radius 3 is 2.09 bits per heavy atom. The van der Waals surface area contributed by atoms with E-state index in [1.165, 1.54) is 25.2 Å². The Kier molecular flexibility index (Phi) is 7.74. The van der Waals surface area contributed by atoms with E-state index in [4.69, 9.17) is 16.3 Å². The summed E-state index contributed by atoms with van der Waals surface area (Å²) in [6.45, 7) is -0.443. The summed E-state index contributed by atoms with van der Waals surface area (Å²) in [6, 6.07) is 14.3. The summed E-state index contributed by atoms with van der Waals surface area (Å²) in [5, 5.41) is 5.31. The van der Waals surface area contributed by atoms with Gasteiger partial charge in [0.2, 0.25) is 5.91 Å². The molecule has 0 aliphatic rings. The second-order valence-electron chi connectivity index (χ2n) is 6.94. The average Bonchev–Trinajstić information content (AvgIpc) is 2.83. The Morgan fingerprint density at radius 2 is 1.52 bits per heavy atom. The summed E-state index contributed by atoms with van der Waals surface area (Å²) in [4.78, 5) is 36.9. The summed E-state index contributed by atoms with van der Waals surface area (Å²) >= 11 is 5.83. The molecule has 0 fully saturated rings. The largest absolute Gasteiger partial charge is 0.484 e. The molecule has 33 heavy (non-hydrogen) atoms. The Hall–Kier alpha value is -3.78. The molecule has 3 aromatic rings. The molecule has 0 spiro atoms. The van der Waals surface area contributed by atoms with Gasteiger partial charge in [0.05, 0.1) is 0 Å². The molecule has 0 saturated carbocycles. The van der Waals surface area contributed by atoms with E-state index in [1.54, 1.807) is 36.4 Å². The molecule has 3 rings (SSSR count). The van der Waals surface area contributed by atoms with E-state index in [-0.39, 0.29) is 11.3 Å². The number of hydrogen-bond acceptors (Lipinski definition) is 4. The van der Waals surface area contributed by atoms with E-state index < -0.39 is 36.1 Å². The second-order valence-corrected chi connectivity index (χ2v) is 7.37. The molecule has 1 atom stereocenters. The van der Waals surface area contributed by atoms with Gasteiger partial charge in [-0.1, -0.05) is 17.7 Å². The van der Waals surface area contributed by atoms with Crippen LogP contribution < -0.4 is 15.4 Å². The number of carbonyl (C=O) groups excluding carboxylic acids is 3. The number of carbonyl (C=O) groups is 3. The number of benzene rings is 3. The lowest BCUT2D eigenvalue weighted by molar-refractivity contribution is -0.129. The fourth-order valence-electron chi connectivity index (χ4n) is 2.96. The lowest BCUT2D eigenvalue weighted by Gasteiger charge is -2.18. The van der Waals surface area contributed by atoms with Crippen LogP contribution in [0.2, 0.25) is 5.02 Å². The van der Waals surface area contributed by atoms with Gasteiger partial charge in [-0.05, 0) is 66.2 Å². The highest BCUT2D eigenvalue weighted by Crippen LogP contribution is 2.19. The normalized spacial score (nSPS) is 11.4. The third kappa shape index (κ3) is 6.14. The van der Waals surface area contributed by atoms with E-state index in [1.807, 2.05) is 0 Å². The first kappa shape index (κ1) is 23.9. The van der Waals surface area contributed by atoms with Crippen molar-refractivity contribution in [3.05, 3.63) is 100 Å². The zero-order valence-electron chi connectivity index (χ0n) is 17.4. The molecule has 0 radical (unpaired) electrons. The predicted octanol–water partition coefficient (Wildman–Crippen LogP) is 3.83. The number of halogens is 3. The maximum Gasteiger partial charge on any atom is 0.258 e. The number of rotatable bonds is 8. The van der Waals surface area contributed by atoms with Gasteiger partial charge in [0, 0.05) is 23.2 Å². The highest BCUT2D eigenvalue weighted by Gasteiger charge is 2.23. The summed E-state index contributed by atoms with van der Waals surface area (Å²) in [5.74, 6) is -3.35. The number of ether oxygens (including phenoxy) is 1. The van der Waals surface area contributed by atoms with Crippen molar-refractivity contribution in [3.8, 4) is 5.75 Å². The number of hydrogen-bond donors (Lipinski definition) is 2. The maximum atomic E-state index is 13.6. The second kappa shape index (κ2) is 10.7. The van der Waals surface area contributed by atoms with Gasteiger partial charge < -0.3 is 15.4 Å². The zero-order chi connectivity index (χ0) is 24.0. The topological polar surface area (TPSA) is 84.5 Å². The standard InChI is InChI=1S/C24H19ClF2N2O4/c1-28-24(32)22(16-6-11-19(26)20(27)12-16)29-21(30)13-33-18-9-4-15(5-10-18)23(31)14-2-7-17(25)8-3-14/h2-12,22H,13H2,1H3,(H,28,32)(H,29,30). The minimum atomic E-state index is -1.24. The fraction of sp³-hybridized carbons (Fsp3) is 0.125. The monoisotopic (exact) mass is 472 g/mol. The number of amides is 2. The molecular formula is C24H19ClF2N2O4. The van der Waals surface area contributed by atoms with Crippen LogP contribution in [0.15, 0.2) is 66.7 Å². The van der Waals surface area contributed by atoms with Crippen LogP contribution in [-0.2, 0) is 9.59 Å². The van der Waals surface area contributed by atoms with E-state index in [0.717, 1.165) is 12.1 Å². The average molecular weight is 473 g/mol. The van der Waals surface area contributed by atoms with Gasteiger partial charge in [0.25, 0.3) is 5.91 Å². The third-order valence-electron chi connectivity index (χ3n) is 4.68. The van der Waals surface area contributed by atoms with Gasteiger partial charge in [0.15, 0.2) is 24.0 Å². The Bertz CT molecular complexity index is 1170. The first-order valence-corrected chi connectivity index (χ1v) is 10.2. The molecule has 2 N–H and O–H groups in total. The molecule has 0 heterocycles. The summed E-state index contributed by atoms with van der Waals surface area (Å²) in [7, 11) is 1.35. The van der Waals surface area contributed by atoms with Crippen LogP contribution >= 0.6 is 11.6 Å². The van der Waals surface area contributed by atoms with Crippen LogP contribution in [0.25, 0.3) is 0 Å². The van der Waals surface area contributed by atoms with Crippen LogP contribution in [0.4, 0.5) is 8.78 Å². The smallest absolute Gasteiger partial charge is 0.258 e. The SMILES string of the molecule is CNC(=O)C(NC(=O)COc1ccc(C(=O)c2ccc(Cl)cc2)cc1)c1ccc(F)c(F)c1. The third-order valence-corrected chi connectivity index (χ3v) is 4.94. The van der Waals surface area contributed by atoms with Gasteiger partial charge in [-0.25, -0.2) is 8.78 Å². The van der Waals surface area contributed by atoms with E-state index in [2.05, 4.69) is 10.6 Å². The van der Waals surface area contributed by atoms with Gasteiger partial charge in [-0.3, -0.25) is 14.4 Å². The summed E-state index contributed by atoms with van der Waals surface area (Å²) in [6.07, 6.45) is 0. The summed E-state index contributed by atoms with van der Waals surface area (Å²) < 4.78 is 32.2. The van der Waals surface area contributed by atoms with Crippen molar-refractivity contribution in [2.24, 2.45) is 0 Å². The van der Waals surface area contributed by atoms with Crippen molar-refractivity contribution >= 4 is 29.2 Å². The molecule has 0 aromatic heterocycles.